The number of carbonyl (C=O) groups is 2. The molecule has 0 unspecified atom stereocenters. The third-order valence-electron chi connectivity index (χ3n) is 2.43. The number of aromatic nitrogens is 2. The number of rotatable bonds is 6. The van der Waals surface area contributed by atoms with E-state index in [9.17, 15) is 9.59 Å². The summed E-state index contributed by atoms with van der Waals surface area (Å²) < 4.78 is 4.81. The van der Waals surface area contributed by atoms with Crippen LogP contribution in [0.2, 0.25) is 0 Å². The number of hydrogen-bond acceptors (Lipinski definition) is 8. The van der Waals surface area contributed by atoms with E-state index in [1.807, 2.05) is 19.9 Å². The van der Waals surface area contributed by atoms with E-state index in [1.165, 1.54) is 6.92 Å². The molecule has 116 valence electrons. The van der Waals surface area contributed by atoms with E-state index in [-0.39, 0.29) is 17.0 Å². The quantitative estimate of drug-likeness (QED) is 0.271. The molecule has 0 saturated heterocycles. The van der Waals surface area contributed by atoms with E-state index in [0.29, 0.717) is 5.16 Å². The predicted molar refractivity (Wildman–Crippen MR) is 80.7 cm³/mol. The van der Waals surface area contributed by atoms with Crippen LogP contribution in [0.15, 0.2) is 22.5 Å². The molecule has 22 heavy (non-hydrogen) atoms. The summed E-state index contributed by atoms with van der Waals surface area (Å²) in [6.07, 6.45) is 0. The van der Waals surface area contributed by atoms with Crippen LogP contribution in [0.5, 0.6) is 0 Å². The predicted octanol–water partition coefficient (Wildman–Crippen LogP) is 1.05. The number of carbonyl (C=O) groups excluding carboxylic acids is 2. The highest BCUT2D eigenvalue weighted by Gasteiger charge is 2.14. The Bertz CT molecular complexity index is 640. The molecule has 0 fully saturated rings. The van der Waals surface area contributed by atoms with E-state index >= 15 is 0 Å². The molecule has 7 nitrogen and oxygen atoms in total. The maximum Gasteiger partial charge on any atom is 0.316 e. The number of ether oxygens (including phenoxy) is 1. The van der Waals surface area contributed by atoms with Crippen molar-refractivity contribution in [2.75, 3.05) is 12.4 Å². The molecular weight excluding hydrogens is 304 g/mol. The van der Waals surface area contributed by atoms with Gasteiger partial charge in [-0.05, 0) is 26.8 Å². The second-order valence-corrected chi connectivity index (χ2v) is 5.42. The number of aryl methyl sites for hydroxylation is 2. The fourth-order valence-corrected chi connectivity index (χ4v) is 2.26. The second-order valence-electron chi connectivity index (χ2n) is 4.48. The first-order chi connectivity index (χ1) is 10.3. The number of nitrogens with zero attached hydrogens (tertiary/aromatic N) is 3. The van der Waals surface area contributed by atoms with Gasteiger partial charge in [-0.2, -0.15) is 5.26 Å². The van der Waals surface area contributed by atoms with Crippen LogP contribution in [0.3, 0.4) is 0 Å². The van der Waals surface area contributed by atoms with Gasteiger partial charge in [-0.3, -0.25) is 9.59 Å². The molecule has 1 aromatic heterocycles. The number of allylic oxidation sites excluding steroid dienone is 1. The molecular formula is C14H16N4O3S. The molecule has 0 spiro atoms. The number of nitriles is 1. The molecule has 0 aromatic carbocycles. The molecule has 1 rings (SSSR count). The van der Waals surface area contributed by atoms with Gasteiger partial charge in [-0.1, -0.05) is 11.8 Å². The van der Waals surface area contributed by atoms with Gasteiger partial charge < -0.3 is 10.5 Å². The number of nitrogens with two attached hydrogens (primary N) is 1. The van der Waals surface area contributed by atoms with Crippen molar-refractivity contribution in [3.63, 3.8) is 0 Å². The largest absolute Gasteiger partial charge is 0.457 e. The van der Waals surface area contributed by atoms with Gasteiger partial charge in [0.2, 0.25) is 5.78 Å². The highest BCUT2D eigenvalue weighted by molar-refractivity contribution is 7.99. The van der Waals surface area contributed by atoms with Crippen LogP contribution in [0.4, 0.5) is 0 Å². The third-order valence-corrected chi connectivity index (χ3v) is 3.25. The number of thioether (sulfide) groups is 1. The summed E-state index contributed by atoms with van der Waals surface area (Å²) in [7, 11) is 0. The molecule has 2 N–H and O–H groups in total. The molecule has 0 bridgehead atoms. The molecule has 1 aromatic rings. The summed E-state index contributed by atoms with van der Waals surface area (Å²) in [6.45, 7) is 4.59. The molecule has 0 radical (unpaired) electrons. The Labute approximate surface area is 132 Å². The van der Waals surface area contributed by atoms with E-state index in [0.717, 1.165) is 23.1 Å². The smallest absolute Gasteiger partial charge is 0.316 e. The summed E-state index contributed by atoms with van der Waals surface area (Å²) in [5.41, 5.74) is 6.91. The molecule has 0 atom stereocenters. The average molecular weight is 320 g/mol. The Kier molecular flexibility index (Phi) is 6.53. The van der Waals surface area contributed by atoms with Gasteiger partial charge in [0.25, 0.3) is 0 Å². The zero-order valence-electron chi connectivity index (χ0n) is 12.5. The third kappa shape index (κ3) is 5.54. The molecule has 0 aliphatic rings. The summed E-state index contributed by atoms with van der Waals surface area (Å²) in [6, 6.07) is 3.51. The monoisotopic (exact) mass is 320 g/mol. The molecule has 8 heteroatoms. The highest BCUT2D eigenvalue weighted by atomic mass is 32.2. The van der Waals surface area contributed by atoms with Crippen molar-refractivity contribution in [3.8, 4) is 6.07 Å². The summed E-state index contributed by atoms with van der Waals surface area (Å²) >= 11 is 1.12. The van der Waals surface area contributed by atoms with Crippen molar-refractivity contribution in [1.82, 2.24) is 9.97 Å². The van der Waals surface area contributed by atoms with Crippen molar-refractivity contribution in [2.24, 2.45) is 5.73 Å². The van der Waals surface area contributed by atoms with Crippen LogP contribution in [-0.4, -0.2) is 34.1 Å². The lowest BCUT2D eigenvalue weighted by molar-refractivity contribution is -0.144. The number of esters is 1. The Balaban J connectivity index is 2.49. The second kappa shape index (κ2) is 8.14. The first-order valence-corrected chi connectivity index (χ1v) is 7.32. The minimum atomic E-state index is -0.622. The number of Topliss-reactive ketones (excluding diaryl/α,β-unsaturated/α-hetero) is 1. The van der Waals surface area contributed by atoms with Crippen LogP contribution in [0.1, 0.15) is 18.3 Å². The molecule has 0 aliphatic heterocycles. The minimum absolute atomic E-state index is 0.0244. The van der Waals surface area contributed by atoms with Crippen molar-refractivity contribution in [1.29, 1.82) is 5.26 Å². The van der Waals surface area contributed by atoms with Gasteiger partial charge in [0.05, 0.1) is 5.75 Å². The van der Waals surface area contributed by atoms with E-state index in [2.05, 4.69) is 9.97 Å². The van der Waals surface area contributed by atoms with Crippen molar-refractivity contribution >= 4 is 23.5 Å². The Morgan fingerprint density at radius 1 is 1.36 bits per heavy atom. The Morgan fingerprint density at radius 2 is 1.95 bits per heavy atom. The standard InChI is InChI=1S/C14H16N4O3S/c1-8-4-9(2)18-14(17-8)22-7-13(20)21-6-12(19)11(5-15)10(3)16/h4H,6-7,16H2,1-3H3/b11-10+. The van der Waals surface area contributed by atoms with E-state index < -0.39 is 18.4 Å². The van der Waals surface area contributed by atoms with Crippen molar-refractivity contribution < 1.29 is 14.3 Å². The first kappa shape index (κ1) is 17.7. The maximum absolute atomic E-state index is 11.6. The lowest BCUT2D eigenvalue weighted by Crippen LogP contribution is -2.18. The molecule has 0 aliphatic carbocycles. The fourth-order valence-electron chi connectivity index (χ4n) is 1.51. The summed E-state index contributed by atoms with van der Waals surface area (Å²) in [4.78, 5) is 31.6. The van der Waals surface area contributed by atoms with Gasteiger partial charge in [-0.15, -0.1) is 0 Å². The summed E-state index contributed by atoms with van der Waals surface area (Å²) in [5.74, 6) is -1.24. The van der Waals surface area contributed by atoms with Gasteiger partial charge in [0, 0.05) is 17.1 Å². The lowest BCUT2D eigenvalue weighted by Gasteiger charge is -2.05. The van der Waals surface area contributed by atoms with Crippen LogP contribution in [0.25, 0.3) is 0 Å². The number of ketones is 1. The van der Waals surface area contributed by atoms with Crippen LogP contribution in [-0.2, 0) is 14.3 Å². The Morgan fingerprint density at radius 3 is 2.45 bits per heavy atom. The van der Waals surface area contributed by atoms with Crippen molar-refractivity contribution in [3.05, 3.63) is 28.7 Å². The van der Waals surface area contributed by atoms with Crippen molar-refractivity contribution in [2.45, 2.75) is 25.9 Å². The zero-order valence-corrected chi connectivity index (χ0v) is 13.4. The van der Waals surface area contributed by atoms with Gasteiger partial charge in [-0.25, -0.2) is 9.97 Å². The average Bonchev–Trinajstić information content (AvgIpc) is 2.42. The minimum Gasteiger partial charge on any atom is -0.457 e. The van der Waals surface area contributed by atoms with Crippen LogP contribution >= 0.6 is 11.8 Å². The first-order valence-electron chi connectivity index (χ1n) is 6.34. The fraction of sp³-hybridized carbons (Fsp3) is 0.357. The SMILES string of the molecule is C/C(N)=C(/C#N)C(=O)COC(=O)CSc1nc(C)cc(C)n1. The molecule has 1 heterocycles. The molecule has 0 amide bonds. The number of hydrogen-bond donors (Lipinski definition) is 1. The van der Waals surface area contributed by atoms with E-state index in [4.69, 9.17) is 15.7 Å². The normalized spacial score (nSPS) is 11.4. The maximum atomic E-state index is 11.6. The van der Waals surface area contributed by atoms with E-state index in [1.54, 1.807) is 6.07 Å². The highest BCUT2D eigenvalue weighted by Crippen LogP contribution is 2.14. The van der Waals surface area contributed by atoms with Gasteiger partial charge in [0.15, 0.2) is 11.8 Å². The van der Waals surface area contributed by atoms with Crippen LogP contribution < -0.4 is 5.73 Å². The molecule has 0 saturated carbocycles. The van der Waals surface area contributed by atoms with Gasteiger partial charge in [0.1, 0.15) is 11.6 Å². The zero-order chi connectivity index (χ0) is 16.7. The lowest BCUT2D eigenvalue weighted by atomic mass is 10.1. The van der Waals surface area contributed by atoms with Gasteiger partial charge >= 0.3 is 5.97 Å². The topological polar surface area (TPSA) is 119 Å². The van der Waals surface area contributed by atoms with Crippen LogP contribution in [0, 0.1) is 25.2 Å². The summed E-state index contributed by atoms with van der Waals surface area (Å²) in [5, 5.41) is 9.23. The Hall–Kier alpha value is -2.40.